The van der Waals surface area contributed by atoms with Crippen LogP contribution in [0.1, 0.15) is 37.7 Å². The smallest absolute Gasteiger partial charge is 0.267 e. The molecule has 1 aromatic carbocycles. The summed E-state index contributed by atoms with van der Waals surface area (Å²) in [5, 5.41) is 8.20. The van der Waals surface area contributed by atoms with Gasteiger partial charge in [0.1, 0.15) is 5.71 Å². The number of nitrogens with one attached hydrogen (secondary N) is 1. The lowest BCUT2D eigenvalue weighted by atomic mass is 9.96. The number of carbonyl (C=O) groups excluding carboxylic acids is 2. The lowest BCUT2D eigenvalue weighted by Gasteiger charge is -2.20. The Morgan fingerprint density at radius 1 is 1.33 bits per heavy atom. The van der Waals surface area contributed by atoms with Crippen molar-refractivity contribution < 1.29 is 9.59 Å². The van der Waals surface area contributed by atoms with Crippen LogP contribution in [0.5, 0.6) is 0 Å². The van der Waals surface area contributed by atoms with Crippen molar-refractivity contribution in [2.75, 3.05) is 13.6 Å². The second-order valence-corrected chi connectivity index (χ2v) is 5.19. The van der Waals surface area contributed by atoms with Gasteiger partial charge in [0.15, 0.2) is 0 Å². The molecule has 0 aliphatic carbocycles. The van der Waals surface area contributed by atoms with Gasteiger partial charge >= 0.3 is 0 Å². The maximum Gasteiger partial charge on any atom is 0.267 e. The van der Waals surface area contributed by atoms with Crippen molar-refractivity contribution in [2.24, 2.45) is 5.10 Å². The van der Waals surface area contributed by atoms with E-state index in [1.807, 2.05) is 18.2 Å². The molecule has 1 aromatic rings. The molecular formula is C16H21N3O2. The predicted molar refractivity (Wildman–Crippen MR) is 81.9 cm³/mol. The Hall–Kier alpha value is -2.17. The van der Waals surface area contributed by atoms with Gasteiger partial charge in [0.25, 0.3) is 5.91 Å². The van der Waals surface area contributed by atoms with Crippen LogP contribution in [0, 0.1) is 0 Å². The van der Waals surface area contributed by atoms with Gasteiger partial charge < -0.3 is 5.32 Å². The first-order valence-electron chi connectivity index (χ1n) is 7.29. The van der Waals surface area contributed by atoms with E-state index < -0.39 is 0 Å². The highest BCUT2D eigenvalue weighted by atomic mass is 16.2. The van der Waals surface area contributed by atoms with Crippen LogP contribution < -0.4 is 5.32 Å². The number of hydrazone groups is 1. The van der Waals surface area contributed by atoms with Gasteiger partial charge in [-0.3, -0.25) is 9.59 Å². The molecule has 2 amide bonds. The van der Waals surface area contributed by atoms with Crippen LogP contribution >= 0.6 is 0 Å². The second kappa shape index (κ2) is 7.02. The molecule has 5 heteroatoms. The number of hydrogen-bond acceptors (Lipinski definition) is 3. The molecule has 1 N–H and O–H groups in total. The Labute approximate surface area is 125 Å². The quantitative estimate of drug-likeness (QED) is 0.899. The molecule has 0 spiro atoms. The summed E-state index contributed by atoms with van der Waals surface area (Å²) in [5.41, 5.74) is 1.65. The molecule has 0 aromatic heterocycles. The summed E-state index contributed by atoms with van der Waals surface area (Å²) < 4.78 is 0. The van der Waals surface area contributed by atoms with Crippen LogP contribution in [0.3, 0.4) is 0 Å². The summed E-state index contributed by atoms with van der Waals surface area (Å²) in [6.07, 6.45) is 1.71. The maximum atomic E-state index is 12.1. The van der Waals surface area contributed by atoms with E-state index in [0.717, 1.165) is 6.42 Å². The van der Waals surface area contributed by atoms with E-state index in [9.17, 15) is 9.59 Å². The maximum absolute atomic E-state index is 12.1. The van der Waals surface area contributed by atoms with E-state index >= 15 is 0 Å². The predicted octanol–water partition coefficient (Wildman–Crippen LogP) is 1.90. The van der Waals surface area contributed by atoms with Crippen molar-refractivity contribution in [2.45, 2.75) is 32.1 Å². The zero-order valence-corrected chi connectivity index (χ0v) is 12.5. The van der Waals surface area contributed by atoms with Crippen molar-refractivity contribution in [1.29, 1.82) is 0 Å². The molecule has 0 bridgehead atoms. The van der Waals surface area contributed by atoms with E-state index in [0.29, 0.717) is 31.0 Å². The Morgan fingerprint density at radius 2 is 2.05 bits per heavy atom. The molecule has 2 rings (SSSR count). The van der Waals surface area contributed by atoms with Crippen LogP contribution in [0.2, 0.25) is 0 Å². The number of hydrogen-bond donors (Lipinski definition) is 1. The number of carbonyl (C=O) groups is 2. The highest BCUT2D eigenvalue weighted by Gasteiger charge is 2.22. The van der Waals surface area contributed by atoms with Crippen molar-refractivity contribution >= 4 is 17.5 Å². The zero-order valence-electron chi connectivity index (χ0n) is 12.5. The number of rotatable bonds is 5. The van der Waals surface area contributed by atoms with Crippen LogP contribution in [0.25, 0.3) is 0 Å². The third-order valence-electron chi connectivity index (χ3n) is 3.74. The van der Waals surface area contributed by atoms with Crippen molar-refractivity contribution in [1.82, 2.24) is 10.3 Å². The topological polar surface area (TPSA) is 61.8 Å². The van der Waals surface area contributed by atoms with Gasteiger partial charge in [-0.2, -0.15) is 5.10 Å². The second-order valence-electron chi connectivity index (χ2n) is 5.19. The van der Waals surface area contributed by atoms with Crippen molar-refractivity contribution in [3.63, 3.8) is 0 Å². The number of nitrogens with zero attached hydrogens (tertiary/aromatic N) is 2. The molecule has 0 saturated carbocycles. The first kappa shape index (κ1) is 15.2. The fourth-order valence-corrected chi connectivity index (χ4v) is 2.37. The molecule has 21 heavy (non-hydrogen) atoms. The van der Waals surface area contributed by atoms with Crippen LogP contribution in [0.15, 0.2) is 35.4 Å². The third kappa shape index (κ3) is 3.90. The van der Waals surface area contributed by atoms with Crippen LogP contribution in [0.4, 0.5) is 0 Å². The SMILES string of the molecule is CC[C@@H](CNC(=O)C1=NN(C)C(=O)CC1)c1ccccc1. The fraction of sp³-hybridized carbons (Fsp3) is 0.438. The molecule has 1 aliphatic heterocycles. The van der Waals surface area contributed by atoms with Crippen molar-refractivity contribution in [3.8, 4) is 0 Å². The first-order chi connectivity index (χ1) is 10.1. The molecule has 112 valence electrons. The Bertz CT molecular complexity index is 540. The molecule has 1 aliphatic rings. The molecule has 0 fully saturated rings. The van der Waals surface area contributed by atoms with Gasteiger partial charge in [-0.05, 0) is 12.0 Å². The standard InChI is InChI=1S/C16H21N3O2/c1-3-12(13-7-5-4-6-8-13)11-17-16(21)14-9-10-15(20)19(2)18-14/h4-8,12H,3,9-11H2,1-2H3,(H,17,21)/t12-/m0/s1. The minimum Gasteiger partial charge on any atom is -0.350 e. The molecule has 0 saturated heterocycles. The molecule has 1 atom stereocenters. The van der Waals surface area contributed by atoms with Crippen LogP contribution in [-0.2, 0) is 9.59 Å². The van der Waals surface area contributed by atoms with Gasteiger partial charge in [0.05, 0.1) is 0 Å². The lowest BCUT2D eigenvalue weighted by Crippen LogP contribution is -2.39. The summed E-state index contributed by atoms with van der Waals surface area (Å²) in [6, 6.07) is 10.1. The first-order valence-corrected chi connectivity index (χ1v) is 7.29. The average molecular weight is 287 g/mol. The van der Waals surface area contributed by atoms with Gasteiger partial charge in [0, 0.05) is 32.4 Å². The molecular weight excluding hydrogens is 266 g/mol. The van der Waals surface area contributed by atoms with Gasteiger partial charge in [-0.1, -0.05) is 37.3 Å². The normalized spacial score (nSPS) is 16.4. The Kier molecular flexibility index (Phi) is 5.09. The average Bonchev–Trinajstić information content (AvgIpc) is 2.51. The molecule has 5 nitrogen and oxygen atoms in total. The largest absolute Gasteiger partial charge is 0.350 e. The van der Waals surface area contributed by atoms with E-state index in [1.165, 1.54) is 10.6 Å². The minimum absolute atomic E-state index is 0.0535. The number of amides is 2. The molecule has 0 radical (unpaired) electrons. The third-order valence-corrected chi connectivity index (χ3v) is 3.74. The molecule has 1 heterocycles. The van der Waals surface area contributed by atoms with Gasteiger partial charge in [-0.15, -0.1) is 0 Å². The summed E-state index contributed by atoms with van der Waals surface area (Å²) in [4.78, 5) is 23.5. The number of benzene rings is 1. The molecule has 0 unspecified atom stereocenters. The van der Waals surface area contributed by atoms with E-state index in [2.05, 4.69) is 29.5 Å². The summed E-state index contributed by atoms with van der Waals surface area (Å²) in [5.74, 6) is 0.0599. The minimum atomic E-state index is -0.177. The van der Waals surface area contributed by atoms with E-state index in [-0.39, 0.29) is 11.8 Å². The van der Waals surface area contributed by atoms with Gasteiger partial charge in [-0.25, -0.2) is 5.01 Å². The van der Waals surface area contributed by atoms with E-state index in [1.54, 1.807) is 7.05 Å². The van der Waals surface area contributed by atoms with Crippen LogP contribution in [-0.4, -0.2) is 36.1 Å². The highest BCUT2D eigenvalue weighted by Crippen LogP contribution is 2.18. The monoisotopic (exact) mass is 287 g/mol. The Morgan fingerprint density at radius 3 is 2.67 bits per heavy atom. The highest BCUT2D eigenvalue weighted by molar-refractivity contribution is 6.39. The summed E-state index contributed by atoms with van der Waals surface area (Å²) >= 11 is 0. The van der Waals surface area contributed by atoms with E-state index in [4.69, 9.17) is 0 Å². The Balaban J connectivity index is 1.94. The fourth-order valence-electron chi connectivity index (χ4n) is 2.37. The summed E-state index contributed by atoms with van der Waals surface area (Å²) in [7, 11) is 1.58. The summed E-state index contributed by atoms with van der Waals surface area (Å²) in [6.45, 7) is 2.68. The van der Waals surface area contributed by atoms with Gasteiger partial charge in [0.2, 0.25) is 5.91 Å². The lowest BCUT2D eigenvalue weighted by molar-refractivity contribution is -0.130. The van der Waals surface area contributed by atoms with Crippen molar-refractivity contribution in [3.05, 3.63) is 35.9 Å². The zero-order chi connectivity index (χ0) is 15.2.